The van der Waals surface area contributed by atoms with Gasteiger partial charge in [0.1, 0.15) is 0 Å². The lowest BCUT2D eigenvalue weighted by Gasteiger charge is -2.23. The number of ether oxygens (including phenoxy) is 3. The molecule has 4 nitrogen and oxygen atoms in total. The summed E-state index contributed by atoms with van der Waals surface area (Å²) in [6.45, 7) is 12.2. The van der Waals surface area contributed by atoms with Gasteiger partial charge in [0, 0.05) is 25.4 Å². The lowest BCUT2D eigenvalue weighted by atomic mass is 10.2. The molecule has 1 rings (SSSR count). The molecule has 0 aliphatic carbocycles. The van der Waals surface area contributed by atoms with Crippen molar-refractivity contribution in [3.8, 4) is 0 Å². The molecular formula is C17H29NO3. The quantitative estimate of drug-likeness (QED) is 0.555. The van der Waals surface area contributed by atoms with Crippen LogP contribution in [-0.4, -0.2) is 52.7 Å². The second-order valence-electron chi connectivity index (χ2n) is 4.84. The number of nitrogens with zero attached hydrogens (tertiary/aromatic N) is 1. The minimum atomic E-state index is 0.629. The number of hydrogen-bond acceptors (Lipinski definition) is 4. The number of likely N-dealkylation sites (N-methyl/N-ethyl adjacent to an activating group) is 1. The van der Waals surface area contributed by atoms with E-state index >= 15 is 0 Å². The number of hydrogen-bond donors (Lipinski definition) is 0. The van der Waals surface area contributed by atoms with Gasteiger partial charge in [-0.2, -0.15) is 0 Å². The molecule has 0 saturated heterocycles. The van der Waals surface area contributed by atoms with E-state index in [1.165, 1.54) is 11.3 Å². The van der Waals surface area contributed by atoms with Crippen LogP contribution in [0.15, 0.2) is 24.3 Å². The molecule has 0 heterocycles. The fourth-order valence-corrected chi connectivity index (χ4v) is 2.05. The van der Waals surface area contributed by atoms with Crippen molar-refractivity contribution in [3.63, 3.8) is 0 Å². The van der Waals surface area contributed by atoms with Crippen LogP contribution >= 0.6 is 0 Å². The van der Waals surface area contributed by atoms with E-state index in [9.17, 15) is 0 Å². The Labute approximate surface area is 129 Å². The zero-order valence-electron chi connectivity index (χ0n) is 13.6. The summed E-state index contributed by atoms with van der Waals surface area (Å²) in [7, 11) is 0. The molecule has 0 fully saturated rings. The molecule has 0 atom stereocenters. The molecule has 0 spiro atoms. The highest BCUT2D eigenvalue weighted by molar-refractivity contribution is 5.48. The molecule has 0 N–H and O–H groups in total. The van der Waals surface area contributed by atoms with Crippen molar-refractivity contribution < 1.29 is 14.2 Å². The van der Waals surface area contributed by atoms with Gasteiger partial charge in [-0.3, -0.25) is 0 Å². The lowest BCUT2D eigenvalue weighted by Crippen LogP contribution is -2.27. The molecule has 0 aliphatic rings. The SMILES string of the molecule is CCOCCOCCOCCN(CC)c1cccc(C)c1. The van der Waals surface area contributed by atoms with Gasteiger partial charge in [-0.25, -0.2) is 0 Å². The molecule has 21 heavy (non-hydrogen) atoms. The molecule has 0 saturated carbocycles. The second-order valence-corrected chi connectivity index (χ2v) is 4.84. The van der Waals surface area contributed by atoms with Crippen molar-refractivity contribution in [2.75, 3.05) is 57.6 Å². The van der Waals surface area contributed by atoms with E-state index in [1.54, 1.807) is 0 Å². The molecule has 1 aromatic rings. The predicted octanol–water partition coefficient (Wildman–Crippen LogP) is 2.89. The highest BCUT2D eigenvalue weighted by atomic mass is 16.5. The van der Waals surface area contributed by atoms with Gasteiger partial charge in [-0.1, -0.05) is 12.1 Å². The molecule has 0 amide bonds. The number of benzene rings is 1. The Morgan fingerprint density at radius 1 is 0.905 bits per heavy atom. The maximum absolute atomic E-state index is 5.62. The van der Waals surface area contributed by atoms with E-state index in [4.69, 9.17) is 14.2 Å². The van der Waals surface area contributed by atoms with E-state index in [1.807, 2.05) is 6.92 Å². The van der Waals surface area contributed by atoms with Crippen molar-refractivity contribution in [1.82, 2.24) is 0 Å². The first-order valence-electron chi connectivity index (χ1n) is 7.82. The molecule has 0 bridgehead atoms. The molecule has 1 aromatic carbocycles. The fourth-order valence-electron chi connectivity index (χ4n) is 2.05. The molecule has 4 heteroatoms. The highest BCUT2D eigenvalue weighted by Crippen LogP contribution is 2.15. The molecule has 0 radical (unpaired) electrons. The smallest absolute Gasteiger partial charge is 0.0701 e. The minimum absolute atomic E-state index is 0.629. The summed E-state index contributed by atoms with van der Waals surface area (Å²) in [5.41, 5.74) is 2.55. The Morgan fingerprint density at radius 3 is 2.19 bits per heavy atom. The van der Waals surface area contributed by atoms with Crippen molar-refractivity contribution in [3.05, 3.63) is 29.8 Å². The van der Waals surface area contributed by atoms with Crippen LogP contribution in [0, 0.1) is 6.92 Å². The number of anilines is 1. The molecular weight excluding hydrogens is 266 g/mol. The van der Waals surface area contributed by atoms with Crippen LogP contribution in [0.4, 0.5) is 5.69 Å². The summed E-state index contributed by atoms with van der Waals surface area (Å²) in [4.78, 5) is 2.32. The largest absolute Gasteiger partial charge is 0.379 e. The van der Waals surface area contributed by atoms with Crippen molar-refractivity contribution >= 4 is 5.69 Å². The molecule has 0 aliphatic heterocycles. The summed E-state index contributed by atoms with van der Waals surface area (Å²) in [6.07, 6.45) is 0. The summed E-state index contributed by atoms with van der Waals surface area (Å²) >= 11 is 0. The Balaban J connectivity index is 2.10. The molecule has 0 aromatic heterocycles. The van der Waals surface area contributed by atoms with E-state index in [0.717, 1.165) is 26.3 Å². The fraction of sp³-hybridized carbons (Fsp3) is 0.647. The van der Waals surface area contributed by atoms with Gasteiger partial charge in [0.15, 0.2) is 0 Å². The normalized spacial score (nSPS) is 10.8. The number of rotatable bonds is 12. The first-order valence-corrected chi connectivity index (χ1v) is 7.82. The average Bonchev–Trinajstić information content (AvgIpc) is 2.49. The van der Waals surface area contributed by atoms with Crippen molar-refractivity contribution in [1.29, 1.82) is 0 Å². The van der Waals surface area contributed by atoms with Crippen LogP contribution in [0.25, 0.3) is 0 Å². The minimum Gasteiger partial charge on any atom is -0.379 e. The Hall–Kier alpha value is -1.10. The van der Waals surface area contributed by atoms with Crippen molar-refractivity contribution in [2.45, 2.75) is 20.8 Å². The zero-order valence-corrected chi connectivity index (χ0v) is 13.6. The second kappa shape index (κ2) is 11.5. The Bertz CT molecular complexity index is 371. The van der Waals surface area contributed by atoms with Crippen LogP contribution in [0.3, 0.4) is 0 Å². The zero-order chi connectivity index (χ0) is 15.3. The van der Waals surface area contributed by atoms with Crippen LogP contribution < -0.4 is 4.90 Å². The van der Waals surface area contributed by atoms with E-state index in [-0.39, 0.29) is 0 Å². The first kappa shape index (κ1) is 18.0. The Morgan fingerprint density at radius 2 is 1.57 bits per heavy atom. The van der Waals surface area contributed by atoms with E-state index in [0.29, 0.717) is 26.4 Å². The maximum Gasteiger partial charge on any atom is 0.0701 e. The summed E-state index contributed by atoms with van der Waals surface area (Å²) in [6, 6.07) is 8.57. The topological polar surface area (TPSA) is 30.9 Å². The third kappa shape index (κ3) is 8.05. The van der Waals surface area contributed by atoms with E-state index in [2.05, 4.69) is 43.0 Å². The van der Waals surface area contributed by atoms with Gasteiger partial charge in [-0.05, 0) is 38.5 Å². The predicted molar refractivity (Wildman–Crippen MR) is 87.2 cm³/mol. The van der Waals surface area contributed by atoms with Gasteiger partial charge in [0.2, 0.25) is 0 Å². The summed E-state index contributed by atoms with van der Waals surface area (Å²) < 4.78 is 16.2. The van der Waals surface area contributed by atoms with Gasteiger partial charge in [0.05, 0.1) is 33.0 Å². The van der Waals surface area contributed by atoms with Gasteiger partial charge in [0.25, 0.3) is 0 Å². The standard InChI is InChI=1S/C17H29NO3/c1-4-18(17-8-6-7-16(3)15-17)9-10-20-13-14-21-12-11-19-5-2/h6-8,15H,4-5,9-14H2,1-3H3. The van der Waals surface area contributed by atoms with Crippen LogP contribution in [0.1, 0.15) is 19.4 Å². The molecule has 0 unspecified atom stereocenters. The Kier molecular flexibility index (Phi) is 9.87. The van der Waals surface area contributed by atoms with Gasteiger partial charge in [-0.15, -0.1) is 0 Å². The third-order valence-corrected chi connectivity index (χ3v) is 3.20. The average molecular weight is 295 g/mol. The van der Waals surface area contributed by atoms with Crippen LogP contribution in [-0.2, 0) is 14.2 Å². The first-order chi connectivity index (χ1) is 10.3. The summed E-state index contributed by atoms with van der Waals surface area (Å²) in [5.74, 6) is 0. The van der Waals surface area contributed by atoms with Crippen molar-refractivity contribution in [2.24, 2.45) is 0 Å². The third-order valence-electron chi connectivity index (χ3n) is 3.20. The van der Waals surface area contributed by atoms with Gasteiger partial charge < -0.3 is 19.1 Å². The van der Waals surface area contributed by atoms with Crippen LogP contribution in [0.2, 0.25) is 0 Å². The monoisotopic (exact) mass is 295 g/mol. The lowest BCUT2D eigenvalue weighted by molar-refractivity contribution is 0.0183. The molecule has 120 valence electrons. The maximum atomic E-state index is 5.62. The van der Waals surface area contributed by atoms with E-state index < -0.39 is 0 Å². The summed E-state index contributed by atoms with van der Waals surface area (Å²) in [5, 5.41) is 0. The van der Waals surface area contributed by atoms with Crippen LogP contribution in [0.5, 0.6) is 0 Å². The highest BCUT2D eigenvalue weighted by Gasteiger charge is 2.03. The number of aryl methyl sites for hydroxylation is 1. The van der Waals surface area contributed by atoms with Gasteiger partial charge >= 0.3 is 0 Å².